The van der Waals surface area contributed by atoms with Crippen LogP contribution in [-0.4, -0.2) is 55.0 Å². The second-order valence-corrected chi connectivity index (χ2v) is 8.88. The van der Waals surface area contributed by atoms with Crippen LogP contribution in [0.2, 0.25) is 5.02 Å². The zero-order valence-corrected chi connectivity index (χ0v) is 18.5. The Labute approximate surface area is 181 Å². The van der Waals surface area contributed by atoms with E-state index in [1.54, 1.807) is 6.07 Å². The number of methoxy groups -OCH3 is 1. The number of hydrogen-bond donors (Lipinski definition) is 2. The van der Waals surface area contributed by atoms with Crippen molar-refractivity contribution >= 4 is 23.8 Å². The normalized spacial score (nSPS) is 20.5. The van der Waals surface area contributed by atoms with Gasteiger partial charge in [-0.3, -0.25) is 0 Å². The molecule has 1 aromatic rings. The molecule has 2 unspecified atom stereocenters. The van der Waals surface area contributed by atoms with Gasteiger partial charge in [-0.05, 0) is 36.0 Å². The Hall–Kier alpha value is -2.06. The van der Waals surface area contributed by atoms with Crippen molar-refractivity contribution in [1.29, 1.82) is 0 Å². The van der Waals surface area contributed by atoms with Gasteiger partial charge in [0.1, 0.15) is 5.82 Å². The van der Waals surface area contributed by atoms with Gasteiger partial charge in [-0.1, -0.05) is 38.4 Å². The Kier molecular flexibility index (Phi) is 8.32. The fourth-order valence-corrected chi connectivity index (χ4v) is 4.42. The second kappa shape index (κ2) is 10.3. The van der Waals surface area contributed by atoms with Crippen molar-refractivity contribution in [3.63, 3.8) is 0 Å². The van der Waals surface area contributed by atoms with E-state index in [0.29, 0.717) is 18.5 Å². The number of alkyl carbamates (subject to hydrolysis) is 1. The molecule has 1 saturated heterocycles. The number of hydrogen-bond acceptors (Lipinski definition) is 4. The van der Waals surface area contributed by atoms with Crippen LogP contribution in [0.4, 0.5) is 14.0 Å². The van der Waals surface area contributed by atoms with Crippen LogP contribution in [0.1, 0.15) is 45.3 Å². The average molecular weight is 445 g/mol. The van der Waals surface area contributed by atoms with E-state index in [-0.39, 0.29) is 35.5 Å². The van der Waals surface area contributed by atoms with Gasteiger partial charge >= 0.3 is 12.2 Å². The van der Waals surface area contributed by atoms with Crippen LogP contribution in [0.15, 0.2) is 18.2 Å². The van der Waals surface area contributed by atoms with Crippen molar-refractivity contribution in [3.05, 3.63) is 34.6 Å². The van der Waals surface area contributed by atoms with Gasteiger partial charge in [0.15, 0.2) is 0 Å². The quantitative estimate of drug-likeness (QED) is 0.621. The number of rotatable bonds is 6. The summed E-state index contributed by atoms with van der Waals surface area (Å²) in [5.74, 6) is -0.704. The van der Waals surface area contributed by atoms with Crippen molar-refractivity contribution in [1.82, 2.24) is 10.2 Å². The molecule has 0 spiro atoms. The van der Waals surface area contributed by atoms with E-state index < -0.39 is 24.1 Å². The van der Waals surface area contributed by atoms with E-state index in [1.807, 2.05) is 20.8 Å². The highest BCUT2D eigenvalue weighted by Gasteiger charge is 2.45. The third-order valence-corrected chi connectivity index (χ3v) is 5.62. The molecule has 3 atom stereocenters. The van der Waals surface area contributed by atoms with E-state index in [4.69, 9.17) is 16.3 Å². The molecule has 2 rings (SSSR count). The summed E-state index contributed by atoms with van der Waals surface area (Å²) in [6, 6.07) is 4.10. The molecule has 9 heteroatoms. The molecule has 0 saturated carbocycles. The number of piperidine rings is 1. The van der Waals surface area contributed by atoms with Crippen molar-refractivity contribution in [3.8, 4) is 0 Å². The third-order valence-electron chi connectivity index (χ3n) is 5.33. The van der Waals surface area contributed by atoms with Gasteiger partial charge < -0.3 is 24.8 Å². The van der Waals surface area contributed by atoms with Crippen LogP contribution < -0.4 is 5.32 Å². The summed E-state index contributed by atoms with van der Waals surface area (Å²) in [5.41, 5.74) is 0.324. The van der Waals surface area contributed by atoms with Crippen LogP contribution in [0, 0.1) is 17.2 Å². The maximum atomic E-state index is 13.8. The first-order valence-corrected chi connectivity index (χ1v) is 10.3. The van der Waals surface area contributed by atoms with Gasteiger partial charge in [0, 0.05) is 25.0 Å². The summed E-state index contributed by atoms with van der Waals surface area (Å²) in [6.07, 6.45) is -0.617. The maximum absolute atomic E-state index is 13.8. The van der Waals surface area contributed by atoms with Crippen LogP contribution in [0.5, 0.6) is 0 Å². The molecule has 30 heavy (non-hydrogen) atoms. The molecule has 2 amide bonds. The first-order valence-electron chi connectivity index (χ1n) is 9.94. The summed E-state index contributed by atoms with van der Waals surface area (Å²) in [6.45, 7) is 6.84. The van der Waals surface area contributed by atoms with Crippen LogP contribution >= 0.6 is 11.6 Å². The smallest absolute Gasteiger partial charge is 0.407 e. The number of carbonyl (C=O) groups is 2. The van der Waals surface area contributed by atoms with Gasteiger partial charge in [-0.25, -0.2) is 14.0 Å². The number of amides is 2. The minimum Gasteiger partial charge on any atom is -0.465 e. The van der Waals surface area contributed by atoms with Gasteiger partial charge in [-0.15, -0.1) is 0 Å². The van der Waals surface area contributed by atoms with Gasteiger partial charge in [0.05, 0.1) is 24.8 Å². The van der Waals surface area contributed by atoms with Crippen molar-refractivity contribution in [2.24, 2.45) is 11.3 Å². The zero-order valence-electron chi connectivity index (χ0n) is 17.8. The molecular weight excluding hydrogens is 415 g/mol. The molecule has 0 aromatic heterocycles. The summed E-state index contributed by atoms with van der Waals surface area (Å²) in [7, 11) is 1.27. The molecule has 1 aromatic carbocycles. The molecule has 0 radical (unpaired) electrons. The van der Waals surface area contributed by atoms with E-state index in [1.165, 1.54) is 24.1 Å². The van der Waals surface area contributed by atoms with Crippen molar-refractivity contribution in [2.75, 3.05) is 26.8 Å². The first-order chi connectivity index (χ1) is 14.1. The predicted molar refractivity (Wildman–Crippen MR) is 111 cm³/mol. The Morgan fingerprint density at radius 3 is 2.67 bits per heavy atom. The van der Waals surface area contributed by atoms with E-state index in [9.17, 15) is 19.1 Å². The minimum atomic E-state index is -0.970. The number of ether oxygens (including phenoxy) is 2. The Bertz CT molecular complexity index is 755. The molecule has 1 heterocycles. The number of likely N-dealkylation sites (tertiary alicyclic amines) is 1. The van der Waals surface area contributed by atoms with E-state index in [0.717, 1.165) is 6.42 Å². The first kappa shape index (κ1) is 24.2. The molecule has 1 aliphatic heterocycles. The molecule has 2 N–H and O–H groups in total. The highest BCUT2D eigenvalue weighted by molar-refractivity contribution is 6.30. The molecular formula is C21H30ClFN2O5. The molecule has 168 valence electrons. The number of carboxylic acid groups (broad SMARTS) is 1. The third kappa shape index (κ3) is 5.98. The zero-order chi connectivity index (χ0) is 22.5. The summed E-state index contributed by atoms with van der Waals surface area (Å²) < 4.78 is 24.4. The molecule has 0 aliphatic carbocycles. The lowest BCUT2D eigenvalue weighted by atomic mass is 9.71. The summed E-state index contributed by atoms with van der Waals surface area (Å²) in [5, 5.41) is 12.3. The molecule has 0 bridgehead atoms. The minimum absolute atomic E-state index is 0.0213. The fraction of sp³-hybridized carbons (Fsp3) is 0.619. The number of nitrogens with zero attached hydrogens (tertiary/aromatic N) is 1. The van der Waals surface area contributed by atoms with Gasteiger partial charge in [0.2, 0.25) is 0 Å². The largest absolute Gasteiger partial charge is 0.465 e. The highest BCUT2D eigenvalue weighted by atomic mass is 35.5. The SMILES string of the molecule is COC(=O)NCCO[C@@H](c1ccc(F)c(Cl)c1)C1CCCN(C(=O)O)C1C(C)(C)C. The van der Waals surface area contributed by atoms with Crippen LogP contribution in [-0.2, 0) is 9.47 Å². The number of benzene rings is 1. The number of halogens is 2. The number of carbonyl (C=O) groups excluding carboxylic acids is 1. The topological polar surface area (TPSA) is 88.1 Å². The van der Waals surface area contributed by atoms with Gasteiger partial charge in [-0.2, -0.15) is 0 Å². The Morgan fingerprint density at radius 2 is 2.10 bits per heavy atom. The summed E-state index contributed by atoms with van der Waals surface area (Å²) >= 11 is 6.02. The Morgan fingerprint density at radius 1 is 1.40 bits per heavy atom. The number of nitrogens with one attached hydrogen (secondary N) is 1. The average Bonchev–Trinajstić information content (AvgIpc) is 2.68. The van der Waals surface area contributed by atoms with E-state index >= 15 is 0 Å². The summed E-state index contributed by atoms with van der Waals surface area (Å²) in [4.78, 5) is 24.7. The predicted octanol–water partition coefficient (Wildman–Crippen LogP) is 4.70. The molecule has 1 aliphatic rings. The van der Waals surface area contributed by atoms with Crippen molar-refractivity contribution in [2.45, 2.75) is 45.8 Å². The van der Waals surface area contributed by atoms with Crippen LogP contribution in [0.3, 0.4) is 0 Å². The molecule has 7 nitrogen and oxygen atoms in total. The lowest BCUT2D eigenvalue weighted by Crippen LogP contribution is -2.55. The monoisotopic (exact) mass is 444 g/mol. The van der Waals surface area contributed by atoms with E-state index in [2.05, 4.69) is 10.1 Å². The lowest BCUT2D eigenvalue weighted by Gasteiger charge is -2.49. The lowest BCUT2D eigenvalue weighted by molar-refractivity contribution is -0.0644. The van der Waals surface area contributed by atoms with Crippen molar-refractivity contribution < 1.29 is 28.6 Å². The Balaban J connectivity index is 2.35. The maximum Gasteiger partial charge on any atom is 0.407 e. The second-order valence-electron chi connectivity index (χ2n) is 8.48. The molecule has 1 fully saturated rings. The standard InChI is InChI=1S/C21H30ClFN2O5/c1-21(2,3)18-14(6-5-10-25(18)20(27)28)17(30-11-9-24-19(26)29-4)13-7-8-16(23)15(22)12-13/h7-8,12,14,17-18H,5-6,9-11H2,1-4H3,(H,24,26)(H,27,28)/t14?,17-,18?/m0/s1. The highest BCUT2D eigenvalue weighted by Crippen LogP contribution is 2.44. The van der Waals surface area contributed by atoms with Crippen LogP contribution in [0.25, 0.3) is 0 Å². The van der Waals surface area contributed by atoms with Gasteiger partial charge in [0.25, 0.3) is 0 Å². The fourth-order valence-electron chi connectivity index (χ4n) is 4.23.